The van der Waals surface area contributed by atoms with Crippen LogP contribution in [-0.4, -0.2) is 6.61 Å². The summed E-state index contributed by atoms with van der Waals surface area (Å²) in [7, 11) is 0. The van der Waals surface area contributed by atoms with Crippen LogP contribution in [0.3, 0.4) is 0 Å². The van der Waals surface area contributed by atoms with E-state index in [-0.39, 0.29) is 11.4 Å². The van der Waals surface area contributed by atoms with Gasteiger partial charge >= 0.3 is 0 Å². The summed E-state index contributed by atoms with van der Waals surface area (Å²) < 4.78 is 25.7. The summed E-state index contributed by atoms with van der Waals surface area (Å²) >= 11 is 3.51. The second kappa shape index (κ2) is 6.35. The first-order valence-electron chi connectivity index (χ1n) is 6.58. The number of rotatable bonds is 4. The van der Waals surface area contributed by atoms with Crippen LogP contribution in [0.4, 0.5) is 10.1 Å². The van der Waals surface area contributed by atoms with E-state index in [0.717, 1.165) is 15.6 Å². The fraction of sp³-hybridized carbons (Fsp3) is 0.250. The summed E-state index contributed by atoms with van der Waals surface area (Å²) in [5.74, 6) is 0.659. The first-order chi connectivity index (χ1) is 9.92. The lowest BCUT2D eigenvalue weighted by molar-refractivity contribution is 0.319. The van der Waals surface area contributed by atoms with E-state index >= 15 is 0 Å². The lowest BCUT2D eigenvalue weighted by Crippen LogP contribution is -1.99. The van der Waals surface area contributed by atoms with Gasteiger partial charge in [-0.25, -0.2) is 4.39 Å². The van der Waals surface area contributed by atoms with Gasteiger partial charge in [-0.1, -0.05) is 15.9 Å². The number of nitrogen functional groups attached to an aromatic ring is 1. The molecule has 0 unspecified atom stereocenters. The molecule has 21 heavy (non-hydrogen) atoms. The van der Waals surface area contributed by atoms with Crippen molar-refractivity contribution >= 4 is 21.6 Å². The highest BCUT2D eigenvalue weighted by molar-refractivity contribution is 9.10. The smallest absolute Gasteiger partial charge is 0.167 e. The molecule has 3 nitrogen and oxygen atoms in total. The van der Waals surface area contributed by atoms with E-state index in [1.807, 2.05) is 26.0 Å². The van der Waals surface area contributed by atoms with E-state index in [1.165, 1.54) is 12.1 Å². The van der Waals surface area contributed by atoms with E-state index in [1.54, 1.807) is 6.92 Å². The van der Waals surface area contributed by atoms with Crippen LogP contribution in [0.15, 0.2) is 28.7 Å². The van der Waals surface area contributed by atoms with Gasteiger partial charge in [-0.05, 0) is 44.0 Å². The second-order valence-electron chi connectivity index (χ2n) is 4.73. The maximum Gasteiger partial charge on any atom is 0.167 e. The van der Waals surface area contributed by atoms with Crippen LogP contribution in [0.2, 0.25) is 0 Å². The molecule has 0 aliphatic heterocycles. The van der Waals surface area contributed by atoms with Gasteiger partial charge in [0.1, 0.15) is 5.75 Å². The highest BCUT2D eigenvalue weighted by Gasteiger charge is 2.12. The second-order valence-corrected chi connectivity index (χ2v) is 5.52. The van der Waals surface area contributed by atoms with Gasteiger partial charge in [-0.3, -0.25) is 0 Å². The maximum atomic E-state index is 13.7. The first kappa shape index (κ1) is 15.6. The standard InChI is InChI=1S/C16H17BrFNO2/c1-4-20-14-8-15(13(19)7-12(14)18)21-11-5-9(2)16(17)10(3)6-11/h5-8H,4,19H2,1-3H3. The van der Waals surface area contributed by atoms with E-state index in [9.17, 15) is 4.39 Å². The summed E-state index contributed by atoms with van der Waals surface area (Å²) in [5, 5.41) is 0. The molecule has 0 radical (unpaired) electrons. The van der Waals surface area contributed by atoms with Gasteiger partial charge in [0, 0.05) is 16.6 Å². The number of hydrogen-bond acceptors (Lipinski definition) is 3. The van der Waals surface area contributed by atoms with Crippen LogP contribution in [0.5, 0.6) is 17.2 Å². The predicted octanol–water partition coefficient (Wildman–Crippen LogP) is 4.98. The third kappa shape index (κ3) is 3.47. The minimum Gasteiger partial charge on any atom is -0.491 e. The summed E-state index contributed by atoms with van der Waals surface area (Å²) in [6.45, 7) is 6.11. The minimum atomic E-state index is -0.495. The fourth-order valence-corrected chi connectivity index (χ4v) is 2.23. The largest absolute Gasteiger partial charge is 0.491 e. The molecule has 0 spiro atoms. The molecule has 0 saturated heterocycles. The lowest BCUT2D eigenvalue weighted by atomic mass is 10.1. The van der Waals surface area contributed by atoms with Crippen molar-refractivity contribution in [2.45, 2.75) is 20.8 Å². The normalized spacial score (nSPS) is 10.5. The van der Waals surface area contributed by atoms with Crippen LogP contribution >= 0.6 is 15.9 Å². The molecule has 2 rings (SSSR count). The Hall–Kier alpha value is -1.75. The average molecular weight is 354 g/mol. The lowest BCUT2D eigenvalue weighted by Gasteiger charge is -2.13. The van der Waals surface area contributed by atoms with Crippen molar-refractivity contribution in [1.29, 1.82) is 0 Å². The Morgan fingerprint density at radius 2 is 1.71 bits per heavy atom. The molecule has 0 aliphatic rings. The fourth-order valence-electron chi connectivity index (χ4n) is 2.00. The third-order valence-corrected chi connectivity index (χ3v) is 4.25. The van der Waals surface area contributed by atoms with Crippen LogP contribution in [0.1, 0.15) is 18.1 Å². The van der Waals surface area contributed by atoms with Crippen molar-refractivity contribution in [2.24, 2.45) is 0 Å². The van der Waals surface area contributed by atoms with Gasteiger partial charge in [0.2, 0.25) is 0 Å². The number of nitrogens with two attached hydrogens (primary N) is 1. The highest BCUT2D eigenvalue weighted by atomic mass is 79.9. The van der Waals surface area contributed by atoms with E-state index in [2.05, 4.69) is 15.9 Å². The van der Waals surface area contributed by atoms with Gasteiger partial charge in [0.05, 0.1) is 12.3 Å². The molecule has 0 atom stereocenters. The molecule has 0 bridgehead atoms. The van der Waals surface area contributed by atoms with Crippen LogP contribution in [0.25, 0.3) is 0 Å². The summed E-state index contributed by atoms with van der Waals surface area (Å²) in [6.07, 6.45) is 0. The van der Waals surface area contributed by atoms with Crippen LogP contribution in [0, 0.1) is 19.7 Å². The average Bonchev–Trinajstić information content (AvgIpc) is 2.41. The summed E-state index contributed by atoms with van der Waals surface area (Å²) in [4.78, 5) is 0. The number of anilines is 1. The molecule has 0 amide bonds. The zero-order valence-electron chi connectivity index (χ0n) is 12.2. The first-order valence-corrected chi connectivity index (χ1v) is 7.38. The third-order valence-electron chi connectivity index (χ3n) is 3.00. The Morgan fingerprint density at radius 1 is 1.10 bits per heavy atom. The molecule has 0 heterocycles. The van der Waals surface area contributed by atoms with Gasteiger partial charge in [-0.15, -0.1) is 0 Å². The quantitative estimate of drug-likeness (QED) is 0.788. The summed E-state index contributed by atoms with van der Waals surface area (Å²) in [5.41, 5.74) is 8.14. The molecule has 0 aromatic heterocycles. The maximum absolute atomic E-state index is 13.7. The monoisotopic (exact) mass is 353 g/mol. The Kier molecular flexibility index (Phi) is 4.73. The van der Waals surface area contributed by atoms with Gasteiger partial charge in [0.25, 0.3) is 0 Å². The number of halogens is 2. The van der Waals surface area contributed by atoms with E-state index < -0.39 is 5.82 Å². The number of benzene rings is 2. The van der Waals surface area contributed by atoms with Gasteiger partial charge in [0.15, 0.2) is 17.3 Å². The van der Waals surface area contributed by atoms with Crippen molar-refractivity contribution < 1.29 is 13.9 Å². The highest BCUT2D eigenvalue weighted by Crippen LogP contribution is 2.35. The molecular formula is C16H17BrFNO2. The Morgan fingerprint density at radius 3 is 2.29 bits per heavy atom. The van der Waals surface area contributed by atoms with Crippen LogP contribution < -0.4 is 15.2 Å². The topological polar surface area (TPSA) is 44.5 Å². The van der Waals surface area contributed by atoms with Gasteiger partial charge < -0.3 is 15.2 Å². The van der Waals surface area contributed by atoms with Crippen LogP contribution in [-0.2, 0) is 0 Å². The number of aryl methyl sites for hydroxylation is 2. The molecule has 2 N–H and O–H groups in total. The zero-order valence-corrected chi connectivity index (χ0v) is 13.8. The van der Waals surface area contributed by atoms with Crippen molar-refractivity contribution in [3.05, 3.63) is 45.7 Å². The van der Waals surface area contributed by atoms with Crippen molar-refractivity contribution in [2.75, 3.05) is 12.3 Å². The number of ether oxygens (including phenoxy) is 2. The van der Waals surface area contributed by atoms with Crippen molar-refractivity contribution in [3.8, 4) is 17.2 Å². The Labute approximate surface area is 132 Å². The minimum absolute atomic E-state index is 0.132. The molecule has 5 heteroatoms. The summed E-state index contributed by atoms with van der Waals surface area (Å²) in [6, 6.07) is 6.46. The number of hydrogen-bond donors (Lipinski definition) is 1. The zero-order chi connectivity index (χ0) is 15.6. The SMILES string of the molecule is CCOc1cc(Oc2cc(C)c(Br)c(C)c2)c(N)cc1F. The van der Waals surface area contributed by atoms with Gasteiger partial charge in [-0.2, -0.15) is 0 Å². The van der Waals surface area contributed by atoms with Crippen molar-refractivity contribution in [1.82, 2.24) is 0 Å². The molecule has 0 aliphatic carbocycles. The Balaban J connectivity index is 2.37. The molecule has 2 aromatic rings. The van der Waals surface area contributed by atoms with E-state index in [0.29, 0.717) is 18.1 Å². The predicted molar refractivity (Wildman–Crippen MR) is 85.7 cm³/mol. The molecule has 0 fully saturated rings. The van der Waals surface area contributed by atoms with E-state index in [4.69, 9.17) is 15.2 Å². The Bertz CT molecular complexity index is 651. The molecule has 112 valence electrons. The molecule has 0 saturated carbocycles. The van der Waals surface area contributed by atoms with Crippen molar-refractivity contribution in [3.63, 3.8) is 0 Å². The molecule has 2 aromatic carbocycles. The molecular weight excluding hydrogens is 337 g/mol.